The number of hydrogen-bond donors (Lipinski definition) is 1. The van der Waals surface area contributed by atoms with Crippen molar-refractivity contribution in [1.29, 1.82) is 0 Å². The molecule has 0 unspecified atom stereocenters. The van der Waals surface area contributed by atoms with E-state index < -0.39 is 0 Å². The minimum atomic E-state index is -0.160. The largest absolute Gasteiger partial charge is 0.334 e. The number of nitrogens with zero attached hydrogens (tertiary/aromatic N) is 1. The molecule has 0 aliphatic rings. The SMILES string of the molecule is CCCN(CC(=O)Nc1ccc(C)c(C)c1)C(C)=O. The van der Waals surface area contributed by atoms with Crippen molar-refractivity contribution in [2.24, 2.45) is 0 Å². The van der Waals surface area contributed by atoms with Crippen LogP contribution in [0, 0.1) is 13.8 Å². The van der Waals surface area contributed by atoms with Crippen LogP contribution >= 0.6 is 0 Å². The van der Waals surface area contributed by atoms with Crippen LogP contribution in [0.15, 0.2) is 18.2 Å². The van der Waals surface area contributed by atoms with E-state index >= 15 is 0 Å². The number of amides is 2. The third-order valence-corrected chi connectivity index (χ3v) is 3.06. The monoisotopic (exact) mass is 262 g/mol. The first-order valence-electron chi connectivity index (χ1n) is 6.56. The number of hydrogen-bond acceptors (Lipinski definition) is 2. The quantitative estimate of drug-likeness (QED) is 0.886. The molecular formula is C15H22N2O2. The highest BCUT2D eigenvalue weighted by Gasteiger charge is 2.12. The van der Waals surface area contributed by atoms with Gasteiger partial charge in [0.1, 0.15) is 0 Å². The fraction of sp³-hybridized carbons (Fsp3) is 0.467. The summed E-state index contributed by atoms with van der Waals surface area (Å²) in [6.07, 6.45) is 0.844. The Morgan fingerprint density at radius 2 is 1.89 bits per heavy atom. The van der Waals surface area contributed by atoms with Gasteiger partial charge in [-0.15, -0.1) is 0 Å². The molecule has 0 atom stereocenters. The molecule has 0 aliphatic carbocycles. The fourth-order valence-corrected chi connectivity index (χ4v) is 1.81. The Hall–Kier alpha value is -1.84. The van der Waals surface area contributed by atoms with Crippen LogP contribution in [0.3, 0.4) is 0 Å². The van der Waals surface area contributed by atoms with Crippen LogP contribution in [0.5, 0.6) is 0 Å². The molecule has 1 aromatic rings. The van der Waals surface area contributed by atoms with Crippen LogP contribution in [0.4, 0.5) is 5.69 Å². The topological polar surface area (TPSA) is 49.4 Å². The third-order valence-electron chi connectivity index (χ3n) is 3.06. The first kappa shape index (κ1) is 15.2. The zero-order valence-corrected chi connectivity index (χ0v) is 12.1. The van der Waals surface area contributed by atoms with E-state index in [9.17, 15) is 9.59 Å². The normalized spacial score (nSPS) is 10.1. The van der Waals surface area contributed by atoms with Gasteiger partial charge in [-0.05, 0) is 43.5 Å². The Labute approximate surface area is 114 Å². The van der Waals surface area contributed by atoms with Gasteiger partial charge in [-0.1, -0.05) is 13.0 Å². The lowest BCUT2D eigenvalue weighted by atomic mass is 10.1. The summed E-state index contributed by atoms with van der Waals surface area (Å²) < 4.78 is 0. The Bertz CT molecular complexity index is 469. The van der Waals surface area contributed by atoms with Crippen LogP contribution in [0.25, 0.3) is 0 Å². The molecule has 0 spiro atoms. The average Bonchev–Trinajstić information content (AvgIpc) is 2.33. The maximum absolute atomic E-state index is 11.9. The zero-order valence-electron chi connectivity index (χ0n) is 12.1. The molecule has 104 valence electrons. The summed E-state index contributed by atoms with van der Waals surface area (Å²) in [5.41, 5.74) is 3.09. The molecule has 4 nitrogen and oxygen atoms in total. The summed E-state index contributed by atoms with van der Waals surface area (Å²) in [7, 11) is 0. The molecule has 0 saturated heterocycles. The zero-order chi connectivity index (χ0) is 14.4. The third kappa shape index (κ3) is 4.73. The summed E-state index contributed by atoms with van der Waals surface area (Å²) in [6, 6.07) is 5.78. The van der Waals surface area contributed by atoms with Crippen molar-refractivity contribution in [2.45, 2.75) is 34.1 Å². The molecule has 4 heteroatoms. The predicted molar refractivity (Wildman–Crippen MR) is 77.1 cm³/mol. The molecule has 0 saturated carbocycles. The van der Waals surface area contributed by atoms with E-state index in [1.54, 1.807) is 4.90 Å². The van der Waals surface area contributed by atoms with E-state index in [-0.39, 0.29) is 18.4 Å². The number of nitrogens with one attached hydrogen (secondary N) is 1. The molecule has 0 radical (unpaired) electrons. The maximum Gasteiger partial charge on any atom is 0.243 e. The van der Waals surface area contributed by atoms with Crippen LogP contribution in [0.1, 0.15) is 31.4 Å². The van der Waals surface area contributed by atoms with E-state index in [0.717, 1.165) is 17.7 Å². The van der Waals surface area contributed by atoms with E-state index in [4.69, 9.17) is 0 Å². The number of benzene rings is 1. The summed E-state index contributed by atoms with van der Waals surface area (Å²) in [5.74, 6) is -0.232. The van der Waals surface area contributed by atoms with Crippen molar-refractivity contribution in [2.75, 3.05) is 18.4 Å². The number of aryl methyl sites for hydroxylation is 2. The van der Waals surface area contributed by atoms with Crippen LogP contribution in [-0.4, -0.2) is 29.8 Å². The van der Waals surface area contributed by atoms with Gasteiger partial charge in [0.05, 0.1) is 6.54 Å². The molecule has 0 aromatic heterocycles. The summed E-state index contributed by atoms with van der Waals surface area (Å²) >= 11 is 0. The molecule has 2 amide bonds. The molecule has 1 N–H and O–H groups in total. The van der Waals surface area contributed by atoms with Crippen molar-refractivity contribution in [1.82, 2.24) is 4.90 Å². The van der Waals surface area contributed by atoms with Gasteiger partial charge < -0.3 is 10.2 Å². The van der Waals surface area contributed by atoms with E-state index in [1.807, 2.05) is 39.0 Å². The van der Waals surface area contributed by atoms with Crippen molar-refractivity contribution in [3.63, 3.8) is 0 Å². The van der Waals surface area contributed by atoms with Crippen molar-refractivity contribution in [3.05, 3.63) is 29.3 Å². The lowest BCUT2D eigenvalue weighted by Crippen LogP contribution is -2.37. The lowest BCUT2D eigenvalue weighted by molar-refractivity contribution is -0.132. The average molecular weight is 262 g/mol. The number of carbonyl (C=O) groups is 2. The summed E-state index contributed by atoms with van der Waals surface area (Å²) in [6.45, 7) is 8.21. The Kier molecular flexibility index (Phi) is 5.55. The molecule has 0 fully saturated rings. The van der Waals surface area contributed by atoms with Gasteiger partial charge in [0.25, 0.3) is 0 Å². The number of rotatable bonds is 5. The van der Waals surface area contributed by atoms with Gasteiger partial charge in [-0.3, -0.25) is 9.59 Å². The van der Waals surface area contributed by atoms with Gasteiger partial charge in [0.2, 0.25) is 11.8 Å². The second-order valence-electron chi connectivity index (χ2n) is 4.79. The highest BCUT2D eigenvalue weighted by molar-refractivity contribution is 5.94. The fourth-order valence-electron chi connectivity index (χ4n) is 1.81. The van der Waals surface area contributed by atoms with Gasteiger partial charge in [0, 0.05) is 19.2 Å². The van der Waals surface area contributed by atoms with Crippen molar-refractivity contribution < 1.29 is 9.59 Å². The van der Waals surface area contributed by atoms with E-state index in [1.165, 1.54) is 12.5 Å². The first-order chi connectivity index (χ1) is 8.93. The summed E-state index contributed by atoms with van der Waals surface area (Å²) in [5, 5.41) is 2.82. The predicted octanol–water partition coefficient (Wildman–Crippen LogP) is 2.50. The molecular weight excluding hydrogens is 240 g/mol. The molecule has 0 bridgehead atoms. The minimum Gasteiger partial charge on any atom is -0.334 e. The van der Waals surface area contributed by atoms with Gasteiger partial charge >= 0.3 is 0 Å². The summed E-state index contributed by atoms with van der Waals surface area (Å²) in [4.78, 5) is 24.8. The molecule has 19 heavy (non-hydrogen) atoms. The molecule has 1 aromatic carbocycles. The molecule has 1 rings (SSSR count). The first-order valence-corrected chi connectivity index (χ1v) is 6.56. The van der Waals surface area contributed by atoms with Gasteiger partial charge in [-0.25, -0.2) is 0 Å². The van der Waals surface area contributed by atoms with Gasteiger partial charge in [-0.2, -0.15) is 0 Å². The maximum atomic E-state index is 11.9. The van der Waals surface area contributed by atoms with Gasteiger partial charge in [0.15, 0.2) is 0 Å². The highest BCUT2D eigenvalue weighted by Crippen LogP contribution is 2.14. The molecule has 0 heterocycles. The van der Waals surface area contributed by atoms with E-state index in [0.29, 0.717) is 6.54 Å². The van der Waals surface area contributed by atoms with Crippen molar-refractivity contribution in [3.8, 4) is 0 Å². The smallest absolute Gasteiger partial charge is 0.243 e. The van der Waals surface area contributed by atoms with E-state index in [2.05, 4.69) is 5.32 Å². The van der Waals surface area contributed by atoms with Crippen molar-refractivity contribution >= 4 is 17.5 Å². The number of anilines is 1. The standard InChI is InChI=1S/C15H22N2O2/c1-5-8-17(13(4)18)10-15(19)16-14-7-6-11(2)12(3)9-14/h6-7,9H,5,8,10H2,1-4H3,(H,16,19). The Morgan fingerprint density at radius 3 is 2.42 bits per heavy atom. The second-order valence-corrected chi connectivity index (χ2v) is 4.79. The van der Waals surface area contributed by atoms with Crippen LogP contribution in [-0.2, 0) is 9.59 Å². The lowest BCUT2D eigenvalue weighted by Gasteiger charge is -2.19. The Balaban J connectivity index is 2.63. The van der Waals surface area contributed by atoms with Crippen LogP contribution < -0.4 is 5.32 Å². The number of carbonyl (C=O) groups excluding carboxylic acids is 2. The second kappa shape index (κ2) is 6.92. The molecule has 0 aliphatic heterocycles. The Morgan fingerprint density at radius 1 is 1.21 bits per heavy atom. The highest BCUT2D eigenvalue weighted by atomic mass is 16.2. The van der Waals surface area contributed by atoms with Crippen LogP contribution in [0.2, 0.25) is 0 Å². The minimum absolute atomic E-state index is 0.0721.